The van der Waals surface area contributed by atoms with E-state index in [1.54, 1.807) is 6.07 Å². The van der Waals surface area contributed by atoms with Crippen molar-refractivity contribution < 1.29 is 5.11 Å². The third kappa shape index (κ3) is 2.91. The Bertz CT molecular complexity index is 388. The molecule has 1 heterocycles. The predicted octanol–water partition coefficient (Wildman–Crippen LogP) is 1.72. The van der Waals surface area contributed by atoms with E-state index in [9.17, 15) is 5.11 Å². The summed E-state index contributed by atoms with van der Waals surface area (Å²) in [5.74, 6) is 7.47. The van der Waals surface area contributed by atoms with E-state index in [2.05, 4.69) is 22.7 Å². The zero-order valence-electron chi connectivity index (χ0n) is 10.8. The van der Waals surface area contributed by atoms with Gasteiger partial charge in [-0.2, -0.15) is 0 Å². The molecule has 18 heavy (non-hydrogen) atoms. The number of hydrogen-bond donors (Lipinski definition) is 4. The molecule has 0 spiro atoms. The van der Waals surface area contributed by atoms with Crippen molar-refractivity contribution in [1.29, 1.82) is 0 Å². The Balaban J connectivity index is 2.09. The molecule has 1 saturated carbocycles. The van der Waals surface area contributed by atoms with Gasteiger partial charge in [-0.05, 0) is 43.7 Å². The van der Waals surface area contributed by atoms with Crippen molar-refractivity contribution in [3.8, 4) is 0 Å². The minimum absolute atomic E-state index is 0.141. The fourth-order valence-corrected chi connectivity index (χ4v) is 2.49. The summed E-state index contributed by atoms with van der Waals surface area (Å²) in [5, 5.41) is 13.1. The first-order valence-corrected chi connectivity index (χ1v) is 6.50. The van der Waals surface area contributed by atoms with E-state index in [-0.39, 0.29) is 12.1 Å². The number of aliphatic hydroxyl groups is 1. The van der Waals surface area contributed by atoms with Crippen LogP contribution in [0.5, 0.6) is 0 Å². The average molecular weight is 250 g/mol. The van der Waals surface area contributed by atoms with E-state index in [0.29, 0.717) is 5.82 Å². The van der Waals surface area contributed by atoms with Gasteiger partial charge in [-0.25, -0.2) is 10.8 Å². The number of nitrogens with one attached hydrogen (secondary N) is 2. The van der Waals surface area contributed by atoms with Gasteiger partial charge in [-0.3, -0.25) is 0 Å². The number of hydrogen-bond acceptors (Lipinski definition) is 5. The maximum absolute atomic E-state index is 9.69. The lowest BCUT2D eigenvalue weighted by Gasteiger charge is -2.39. The lowest BCUT2D eigenvalue weighted by Crippen LogP contribution is -2.45. The maximum atomic E-state index is 9.69. The van der Waals surface area contributed by atoms with Crippen LogP contribution in [0.3, 0.4) is 0 Å². The highest BCUT2D eigenvalue weighted by Gasteiger charge is 2.33. The Morgan fingerprint density at radius 1 is 1.39 bits per heavy atom. The fraction of sp³-hybridized carbons (Fsp3) is 0.615. The number of rotatable bonds is 4. The summed E-state index contributed by atoms with van der Waals surface area (Å²) >= 11 is 0. The topological polar surface area (TPSA) is 83.2 Å². The molecule has 0 saturated heterocycles. The Labute approximate surface area is 108 Å². The molecule has 5 nitrogen and oxygen atoms in total. The van der Waals surface area contributed by atoms with Crippen molar-refractivity contribution in [2.24, 2.45) is 11.8 Å². The quantitative estimate of drug-likeness (QED) is 0.483. The second kappa shape index (κ2) is 5.54. The molecule has 0 aromatic carbocycles. The third-order valence-corrected chi connectivity index (χ3v) is 3.82. The molecule has 1 aliphatic rings. The first-order valence-electron chi connectivity index (χ1n) is 6.50. The summed E-state index contributed by atoms with van der Waals surface area (Å²) in [6.45, 7) is 2.40. The van der Waals surface area contributed by atoms with Crippen LogP contribution in [0.25, 0.3) is 0 Å². The van der Waals surface area contributed by atoms with Gasteiger partial charge in [0.2, 0.25) is 0 Å². The summed E-state index contributed by atoms with van der Waals surface area (Å²) in [7, 11) is 0. The van der Waals surface area contributed by atoms with E-state index >= 15 is 0 Å². The number of hydrazine groups is 1. The van der Waals surface area contributed by atoms with Gasteiger partial charge in [-0.15, -0.1) is 0 Å². The van der Waals surface area contributed by atoms with Gasteiger partial charge in [0.1, 0.15) is 11.6 Å². The zero-order chi connectivity index (χ0) is 13.0. The van der Waals surface area contributed by atoms with Crippen molar-refractivity contribution in [2.45, 2.75) is 38.1 Å². The second-order valence-corrected chi connectivity index (χ2v) is 5.30. The highest BCUT2D eigenvalue weighted by molar-refractivity contribution is 5.46. The van der Waals surface area contributed by atoms with Crippen LogP contribution >= 0.6 is 0 Å². The molecule has 0 unspecified atom stereocenters. The predicted molar refractivity (Wildman–Crippen MR) is 73.1 cm³/mol. The van der Waals surface area contributed by atoms with Crippen molar-refractivity contribution in [3.63, 3.8) is 0 Å². The SMILES string of the molecule is CC1CCC(CO)(Nc2cccc(NN)n2)CC1. The Kier molecular flexibility index (Phi) is 4.04. The Hall–Kier alpha value is -1.33. The first-order chi connectivity index (χ1) is 8.67. The summed E-state index contributed by atoms with van der Waals surface area (Å²) < 4.78 is 0. The van der Waals surface area contributed by atoms with E-state index in [1.165, 1.54) is 0 Å². The summed E-state index contributed by atoms with van der Waals surface area (Å²) in [5.41, 5.74) is 2.30. The molecule has 1 aromatic heterocycles. The maximum Gasteiger partial charge on any atom is 0.142 e. The summed E-state index contributed by atoms with van der Waals surface area (Å²) in [6, 6.07) is 5.59. The normalized spacial score (nSPS) is 27.8. The first kappa shape index (κ1) is 13.1. The van der Waals surface area contributed by atoms with Gasteiger partial charge in [-0.1, -0.05) is 13.0 Å². The number of aliphatic hydroxyl groups excluding tert-OH is 1. The lowest BCUT2D eigenvalue weighted by atomic mass is 9.77. The van der Waals surface area contributed by atoms with E-state index < -0.39 is 0 Å². The van der Waals surface area contributed by atoms with Crippen LogP contribution in [0.4, 0.5) is 11.6 Å². The van der Waals surface area contributed by atoms with Gasteiger partial charge >= 0.3 is 0 Å². The number of pyridine rings is 1. The fourth-order valence-electron chi connectivity index (χ4n) is 2.49. The lowest BCUT2D eigenvalue weighted by molar-refractivity contribution is 0.155. The molecular weight excluding hydrogens is 228 g/mol. The molecule has 0 radical (unpaired) electrons. The van der Waals surface area contributed by atoms with Crippen molar-refractivity contribution >= 4 is 11.6 Å². The molecule has 1 aromatic rings. The van der Waals surface area contributed by atoms with Crippen molar-refractivity contribution in [2.75, 3.05) is 17.3 Å². The summed E-state index contributed by atoms with van der Waals surface area (Å²) in [4.78, 5) is 4.34. The van der Waals surface area contributed by atoms with E-state index in [4.69, 9.17) is 5.84 Å². The van der Waals surface area contributed by atoms with Crippen molar-refractivity contribution in [1.82, 2.24) is 4.98 Å². The molecular formula is C13H22N4O. The Morgan fingerprint density at radius 2 is 2.06 bits per heavy atom. The van der Waals surface area contributed by atoms with E-state index in [0.717, 1.165) is 37.4 Å². The van der Waals surface area contributed by atoms with Crippen LogP contribution in [-0.4, -0.2) is 22.2 Å². The third-order valence-electron chi connectivity index (χ3n) is 3.82. The molecule has 1 fully saturated rings. The minimum atomic E-state index is -0.229. The largest absolute Gasteiger partial charge is 0.394 e. The van der Waals surface area contributed by atoms with Gasteiger partial charge < -0.3 is 15.8 Å². The highest BCUT2D eigenvalue weighted by Crippen LogP contribution is 2.34. The van der Waals surface area contributed by atoms with E-state index in [1.807, 2.05) is 12.1 Å². The van der Waals surface area contributed by atoms with Gasteiger partial charge in [0.25, 0.3) is 0 Å². The van der Waals surface area contributed by atoms with Crippen LogP contribution in [0.15, 0.2) is 18.2 Å². The molecule has 0 bridgehead atoms. The molecule has 0 aliphatic heterocycles. The molecule has 5 N–H and O–H groups in total. The van der Waals surface area contributed by atoms with Crippen LogP contribution in [0, 0.1) is 5.92 Å². The smallest absolute Gasteiger partial charge is 0.142 e. The average Bonchev–Trinajstić information content (AvgIpc) is 2.42. The second-order valence-electron chi connectivity index (χ2n) is 5.30. The number of nitrogen functional groups attached to an aromatic ring is 1. The standard InChI is InChI=1S/C13H22N4O/c1-10-5-7-13(9-18,8-6-10)16-11-3-2-4-12(15-11)17-14/h2-4,10,18H,5-9,14H2,1H3,(H2,15,16,17). The molecule has 0 amide bonds. The molecule has 1 aliphatic carbocycles. The number of nitrogens with two attached hydrogens (primary N) is 1. The van der Waals surface area contributed by atoms with Gasteiger partial charge in [0, 0.05) is 0 Å². The Morgan fingerprint density at radius 3 is 2.67 bits per heavy atom. The van der Waals surface area contributed by atoms with Crippen molar-refractivity contribution in [3.05, 3.63) is 18.2 Å². The van der Waals surface area contributed by atoms with Crippen LogP contribution in [0.2, 0.25) is 0 Å². The number of aromatic nitrogens is 1. The summed E-state index contributed by atoms with van der Waals surface area (Å²) in [6.07, 6.45) is 4.24. The van der Waals surface area contributed by atoms with Crippen LogP contribution in [-0.2, 0) is 0 Å². The number of nitrogens with zero attached hydrogens (tertiary/aromatic N) is 1. The molecule has 2 rings (SSSR count). The molecule has 100 valence electrons. The molecule has 0 atom stereocenters. The van der Waals surface area contributed by atoms with Crippen LogP contribution in [0.1, 0.15) is 32.6 Å². The minimum Gasteiger partial charge on any atom is -0.394 e. The highest BCUT2D eigenvalue weighted by atomic mass is 16.3. The van der Waals surface area contributed by atoms with Gasteiger partial charge in [0.15, 0.2) is 0 Å². The van der Waals surface area contributed by atoms with Crippen LogP contribution < -0.4 is 16.6 Å². The van der Waals surface area contributed by atoms with Gasteiger partial charge in [0.05, 0.1) is 12.1 Å². The molecule has 5 heteroatoms. The monoisotopic (exact) mass is 250 g/mol. The number of anilines is 2. The zero-order valence-corrected chi connectivity index (χ0v) is 10.8.